The molecule has 0 fully saturated rings. The fourth-order valence-electron chi connectivity index (χ4n) is 3.52. The Morgan fingerprint density at radius 3 is 2.83 bits per heavy atom. The van der Waals surface area contributed by atoms with Crippen molar-refractivity contribution in [2.45, 2.75) is 26.1 Å². The van der Waals surface area contributed by atoms with Crippen LogP contribution < -0.4 is 10.6 Å². The van der Waals surface area contributed by atoms with Gasteiger partial charge in [0.15, 0.2) is 0 Å². The van der Waals surface area contributed by atoms with E-state index in [1.54, 1.807) is 36.1 Å². The number of amides is 2. The monoisotopic (exact) mass is 428 g/mol. The number of hydrogen-bond acceptors (Lipinski definition) is 7. The van der Waals surface area contributed by atoms with E-state index in [1.165, 1.54) is 23.5 Å². The molecular formula is C20H20N4O5S. The van der Waals surface area contributed by atoms with Crippen LogP contribution >= 0.6 is 11.3 Å². The van der Waals surface area contributed by atoms with Crippen LogP contribution in [0, 0.1) is 10.1 Å². The minimum atomic E-state index is -0.445. The van der Waals surface area contributed by atoms with E-state index in [-0.39, 0.29) is 17.7 Å². The maximum absolute atomic E-state index is 12.7. The van der Waals surface area contributed by atoms with Crippen molar-refractivity contribution in [2.24, 2.45) is 0 Å². The second-order valence-corrected chi connectivity index (χ2v) is 7.99. The first-order valence-electron chi connectivity index (χ1n) is 9.52. The van der Waals surface area contributed by atoms with Gasteiger partial charge >= 0.3 is 6.09 Å². The van der Waals surface area contributed by atoms with Gasteiger partial charge < -0.3 is 20.3 Å². The van der Waals surface area contributed by atoms with Crippen molar-refractivity contribution < 1.29 is 19.2 Å². The molecule has 0 radical (unpaired) electrons. The minimum absolute atomic E-state index is 0.0296. The summed E-state index contributed by atoms with van der Waals surface area (Å²) in [5, 5.41) is 17.8. The number of ether oxygens (including phenoxy) is 1. The summed E-state index contributed by atoms with van der Waals surface area (Å²) in [7, 11) is 0. The van der Waals surface area contributed by atoms with E-state index >= 15 is 0 Å². The molecule has 3 heterocycles. The van der Waals surface area contributed by atoms with Crippen LogP contribution in [0.15, 0.2) is 30.3 Å². The first-order chi connectivity index (χ1) is 14.5. The standard InChI is InChI=1S/C20H20N4O5S/c1-2-29-20(26)23-10-9-14-15(11-23)30-19-17(14)18(25)21-16(22-19)8-5-12-3-6-13(7-4-12)24(27)28/h3-8,16,22H,2,9-11H2,1H3,(H,21,25). The van der Waals surface area contributed by atoms with Crippen molar-refractivity contribution in [1.82, 2.24) is 10.2 Å². The Bertz CT molecular complexity index is 1030. The maximum atomic E-state index is 12.7. The SMILES string of the molecule is CCOC(=O)N1CCc2c(sc3c2C(=O)NC(C=Cc2ccc([N+](=O)[O-])cc2)N3)C1. The van der Waals surface area contributed by atoms with Crippen LogP contribution in [0.5, 0.6) is 0 Å². The quantitative estimate of drug-likeness (QED) is 0.570. The maximum Gasteiger partial charge on any atom is 0.410 e. The van der Waals surface area contributed by atoms with Crippen molar-refractivity contribution in [3.05, 3.63) is 62.0 Å². The third-order valence-electron chi connectivity index (χ3n) is 4.97. The van der Waals surface area contributed by atoms with Gasteiger partial charge in [-0.05, 0) is 42.7 Å². The first-order valence-corrected chi connectivity index (χ1v) is 10.3. The summed E-state index contributed by atoms with van der Waals surface area (Å²) in [4.78, 5) is 37.7. The molecule has 0 saturated carbocycles. The summed E-state index contributed by atoms with van der Waals surface area (Å²) in [6.07, 6.45) is 3.46. The Labute approximate surface area is 176 Å². The van der Waals surface area contributed by atoms with Gasteiger partial charge in [-0.25, -0.2) is 4.79 Å². The van der Waals surface area contributed by atoms with E-state index in [1.807, 2.05) is 0 Å². The highest BCUT2D eigenvalue weighted by molar-refractivity contribution is 7.16. The number of fused-ring (bicyclic) bond motifs is 3. The predicted molar refractivity (Wildman–Crippen MR) is 112 cm³/mol. The number of nitro benzene ring substituents is 1. The Balaban J connectivity index is 1.48. The van der Waals surface area contributed by atoms with Gasteiger partial charge in [-0.15, -0.1) is 11.3 Å². The van der Waals surface area contributed by atoms with Crippen molar-refractivity contribution in [3.8, 4) is 0 Å². The zero-order valence-corrected chi connectivity index (χ0v) is 17.0. The molecule has 2 aliphatic rings. The molecule has 1 unspecified atom stereocenters. The number of anilines is 1. The largest absolute Gasteiger partial charge is 0.450 e. The smallest absolute Gasteiger partial charge is 0.410 e. The molecule has 4 rings (SSSR count). The lowest BCUT2D eigenvalue weighted by atomic mass is 10.0. The number of benzene rings is 1. The van der Waals surface area contributed by atoms with Crippen LogP contribution in [-0.2, 0) is 17.7 Å². The number of thiophene rings is 1. The summed E-state index contributed by atoms with van der Waals surface area (Å²) < 4.78 is 5.08. The normalized spacial score (nSPS) is 17.7. The molecule has 0 saturated heterocycles. The molecule has 2 N–H and O–H groups in total. The molecule has 1 atom stereocenters. The second-order valence-electron chi connectivity index (χ2n) is 6.88. The summed E-state index contributed by atoms with van der Waals surface area (Å²) in [6, 6.07) is 6.18. The summed E-state index contributed by atoms with van der Waals surface area (Å²) in [5.41, 5.74) is 2.46. The van der Waals surface area contributed by atoms with Crippen molar-refractivity contribution in [2.75, 3.05) is 18.5 Å². The number of nitro groups is 1. The lowest BCUT2D eigenvalue weighted by Gasteiger charge is -2.27. The zero-order valence-electron chi connectivity index (χ0n) is 16.2. The van der Waals surface area contributed by atoms with Crippen molar-refractivity contribution in [3.63, 3.8) is 0 Å². The molecule has 0 aliphatic carbocycles. The number of carbonyl (C=O) groups is 2. The molecule has 0 bridgehead atoms. The number of non-ortho nitro benzene ring substituents is 1. The van der Waals surface area contributed by atoms with Crippen molar-refractivity contribution in [1.29, 1.82) is 0 Å². The van der Waals surface area contributed by atoms with E-state index < -0.39 is 11.1 Å². The lowest BCUT2D eigenvalue weighted by Crippen LogP contribution is -2.43. The van der Waals surface area contributed by atoms with Gasteiger partial charge in [0.1, 0.15) is 11.2 Å². The molecule has 1 aromatic carbocycles. The van der Waals surface area contributed by atoms with Crippen LogP contribution in [0.25, 0.3) is 6.08 Å². The molecule has 9 nitrogen and oxygen atoms in total. The van der Waals surface area contributed by atoms with Gasteiger partial charge in [0.25, 0.3) is 11.6 Å². The number of nitrogens with one attached hydrogen (secondary N) is 2. The fourth-order valence-corrected chi connectivity index (χ4v) is 4.82. The average Bonchev–Trinajstić information content (AvgIpc) is 3.10. The molecule has 30 heavy (non-hydrogen) atoms. The highest BCUT2D eigenvalue weighted by Gasteiger charge is 2.33. The number of carbonyl (C=O) groups excluding carboxylic acids is 2. The third-order valence-corrected chi connectivity index (χ3v) is 6.12. The van der Waals surface area contributed by atoms with Gasteiger partial charge in [0.2, 0.25) is 0 Å². The summed E-state index contributed by atoms with van der Waals surface area (Å²) >= 11 is 1.48. The predicted octanol–water partition coefficient (Wildman–Crippen LogP) is 3.37. The highest BCUT2D eigenvalue weighted by atomic mass is 32.1. The Hall–Kier alpha value is -3.40. The molecule has 2 aliphatic heterocycles. The van der Waals surface area contributed by atoms with Crippen LogP contribution in [0.4, 0.5) is 15.5 Å². The lowest BCUT2D eigenvalue weighted by molar-refractivity contribution is -0.384. The van der Waals surface area contributed by atoms with E-state index in [2.05, 4.69) is 10.6 Å². The van der Waals surface area contributed by atoms with Crippen LogP contribution in [0.2, 0.25) is 0 Å². The van der Waals surface area contributed by atoms with E-state index in [0.29, 0.717) is 31.7 Å². The average molecular weight is 428 g/mol. The molecule has 2 amide bonds. The Morgan fingerprint density at radius 2 is 2.13 bits per heavy atom. The van der Waals surface area contributed by atoms with Gasteiger partial charge in [-0.3, -0.25) is 14.9 Å². The Kier molecular flexibility index (Phi) is 5.40. The highest BCUT2D eigenvalue weighted by Crippen LogP contribution is 2.39. The van der Waals surface area contributed by atoms with Gasteiger partial charge in [-0.2, -0.15) is 0 Å². The topological polar surface area (TPSA) is 114 Å². The van der Waals surface area contributed by atoms with Crippen LogP contribution in [0.1, 0.15) is 33.3 Å². The van der Waals surface area contributed by atoms with Gasteiger partial charge in [0, 0.05) is 23.6 Å². The molecular weight excluding hydrogens is 408 g/mol. The first kappa shape index (κ1) is 19.9. The second kappa shape index (κ2) is 8.15. The summed E-state index contributed by atoms with van der Waals surface area (Å²) in [6.45, 7) is 3.06. The zero-order chi connectivity index (χ0) is 21.3. The molecule has 0 spiro atoms. The molecule has 10 heteroatoms. The van der Waals surface area contributed by atoms with Crippen LogP contribution in [0.3, 0.4) is 0 Å². The molecule has 1 aromatic heterocycles. The third kappa shape index (κ3) is 3.86. The number of rotatable bonds is 4. The van der Waals surface area contributed by atoms with E-state index in [4.69, 9.17) is 4.74 Å². The van der Waals surface area contributed by atoms with Gasteiger partial charge in [0.05, 0.1) is 23.6 Å². The fraction of sp³-hybridized carbons (Fsp3) is 0.300. The number of nitrogens with zero attached hydrogens (tertiary/aromatic N) is 2. The Morgan fingerprint density at radius 1 is 1.37 bits per heavy atom. The van der Waals surface area contributed by atoms with Crippen molar-refractivity contribution >= 4 is 40.1 Å². The molecule has 156 valence electrons. The molecule has 2 aromatic rings. The van der Waals surface area contributed by atoms with E-state index in [9.17, 15) is 19.7 Å². The van der Waals surface area contributed by atoms with Crippen LogP contribution in [-0.4, -0.2) is 41.1 Å². The number of hydrogen-bond donors (Lipinski definition) is 2. The van der Waals surface area contributed by atoms with Gasteiger partial charge in [-0.1, -0.05) is 6.08 Å². The summed E-state index contributed by atoms with van der Waals surface area (Å²) in [5.74, 6) is -0.149. The minimum Gasteiger partial charge on any atom is -0.450 e. The van der Waals surface area contributed by atoms with E-state index in [0.717, 1.165) is 21.0 Å².